The van der Waals surface area contributed by atoms with E-state index in [1.807, 2.05) is 13.0 Å². The number of hydrogen-bond acceptors (Lipinski definition) is 5. The molecule has 0 unspecified atom stereocenters. The van der Waals surface area contributed by atoms with Crippen LogP contribution >= 0.6 is 15.9 Å². The van der Waals surface area contributed by atoms with Crippen LogP contribution in [0.5, 0.6) is 0 Å². The molecule has 0 fully saturated rings. The molecular formula is C17H17BrN4O4. The highest BCUT2D eigenvalue weighted by Gasteiger charge is 2.20. The topological polar surface area (TPSA) is 119 Å². The lowest BCUT2D eigenvalue weighted by molar-refractivity contribution is -0.383. The van der Waals surface area contributed by atoms with Crippen molar-refractivity contribution in [1.29, 1.82) is 0 Å². The van der Waals surface area contributed by atoms with Crippen molar-refractivity contribution >= 4 is 44.8 Å². The Balaban J connectivity index is 2.08. The molecule has 0 aliphatic heterocycles. The number of aryl methyl sites for hydroxylation is 1. The number of amides is 2. The number of nitro benzene ring substituents is 1. The summed E-state index contributed by atoms with van der Waals surface area (Å²) >= 11 is 3.35. The molecule has 26 heavy (non-hydrogen) atoms. The molecule has 0 aliphatic rings. The molecule has 0 aromatic heterocycles. The number of hydrogen-bond donors (Lipinski definition) is 2. The number of nitrogens with two attached hydrogens (primary N) is 1. The van der Waals surface area contributed by atoms with Crippen LogP contribution in [0.15, 0.2) is 40.9 Å². The first-order valence-corrected chi connectivity index (χ1v) is 8.33. The van der Waals surface area contributed by atoms with Gasteiger partial charge >= 0.3 is 0 Å². The Labute approximate surface area is 158 Å². The van der Waals surface area contributed by atoms with E-state index < -0.39 is 10.8 Å². The third-order valence-electron chi connectivity index (χ3n) is 3.66. The van der Waals surface area contributed by atoms with Crippen LogP contribution in [0.4, 0.5) is 17.1 Å². The molecule has 2 amide bonds. The van der Waals surface area contributed by atoms with Gasteiger partial charge in [-0.1, -0.05) is 15.9 Å². The number of nitrogens with zero attached hydrogens (tertiary/aromatic N) is 2. The third-order valence-corrected chi connectivity index (χ3v) is 4.16. The van der Waals surface area contributed by atoms with Crippen LogP contribution in [-0.4, -0.2) is 35.2 Å². The van der Waals surface area contributed by atoms with Crippen molar-refractivity contribution in [3.63, 3.8) is 0 Å². The summed E-state index contributed by atoms with van der Waals surface area (Å²) in [5.41, 5.74) is 6.74. The fourth-order valence-electron chi connectivity index (χ4n) is 2.30. The molecule has 9 heteroatoms. The van der Waals surface area contributed by atoms with Gasteiger partial charge in [0.25, 0.3) is 11.6 Å². The second-order valence-corrected chi connectivity index (χ2v) is 6.62. The maximum absolute atomic E-state index is 12.4. The third kappa shape index (κ3) is 4.57. The molecule has 136 valence electrons. The lowest BCUT2D eigenvalue weighted by atomic mass is 10.1. The highest BCUT2D eigenvalue weighted by Crippen LogP contribution is 2.23. The Hall–Kier alpha value is -2.94. The molecule has 0 aliphatic carbocycles. The minimum Gasteiger partial charge on any atom is -0.393 e. The SMILES string of the molecule is Cc1cc(Br)ccc1NC(=O)CN(C)C(=O)c1ccc(N)c([N+](=O)[O-])c1. The second kappa shape index (κ2) is 7.96. The maximum Gasteiger partial charge on any atom is 0.292 e. The van der Waals surface area contributed by atoms with Gasteiger partial charge in [0.05, 0.1) is 11.5 Å². The van der Waals surface area contributed by atoms with Gasteiger partial charge in [-0.3, -0.25) is 19.7 Å². The summed E-state index contributed by atoms with van der Waals surface area (Å²) in [7, 11) is 1.44. The molecule has 0 spiro atoms. The quantitative estimate of drug-likeness (QED) is 0.437. The lowest BCUT2D eigenvalue weighted by Crippen LogP contribution is -2.35. The fraction of sp³-hybridized carbons (Fsp3) is 0.176. The molecule has 0 atom stereocenters. The minimum atomic E-state index is -0.658. The molecule has 2 aromatic rings. The van der Waals surface area contributed by atoms with Gasteiger partial charge in [-0.15, -0.1) is 0 Å². The van der Waals surface area contributed by atoms with Crippen LogP contribution in [0.1, 0.15) is 15.9 Å². The standard InChI is InChI=1S/C17H17BrN4O4/c1-10-7-12(18)4-6-14(10)20-16(23)9-21(2)17(24)11-3-5-13(19)15(8-11)22(25)26/h3-8H,9,19H2,1-2H3,(H,20,23). The average Bonchev–Trinajstić information content (AvgIpc) is 2.56. The van der Waals surface area contributed by atoms with Crippen molar-refractivity contribution in [2.45, 2.75) is 6.92 Å². The Morgan fingerprint density at radius 3 is 2.58 bits per heavy atom. The van der Waals surface area contributed by atoms with Crippen molar-refractivity contribution in [2.24, 2.45) is 0 Å². The number of rotatable bonds is 5. The fourth-order valence-corrected chi connectivity index (χ4v) is 2.78. The van der Waals surface area contributed by atoms with Crippen LogP contribution in [0.2, 0.25) is 0 Å². The van der Waals surface area contributed by atoms with Crippen LogP contribution < -0.4 is 11.1 Å². The van der Waals surface area contributed by atoms with E-state index in [9.17, 15) is 19.7 Å². The highest BCUT2D eigenvalue weighted by molar-refractivity contribution is 9.10. The van der Waals surface area contributed by atoms with Gasteiger partial charge in [-0.2, -0.15) is 0 Å². The summed E-state index contributed by atoms with van der Waals surface area (Å²) in [6, 6.07) is 9.19. The summed E-state index contributed by atoms with van der Waals surface area (Å²) in [6.45, 7) is 1.65. The van der Waals surface area contributed by atoms with Crippen molar-refractivity contribution in [3.8, 4) is 0 Å². The Morgan fingerprint density at radius 2 is 1.96 bits per heavy atom. The predicted molar refractivity (Wildman–Crippen MR) is 102 cm³/mol. The van der Waals surface area contributed by atoms with Gasteiger partial charge in [-0.05, 0) is 42.8 Å². The van der Waals surface area contributed by atoms with Gasteiger partial charge in [0, 0.05) is 28.8 Å². The number of likely N-dealkylation sites (N-methyl/N-ethyl adjacent to an activating group) is 1. The summed E-state index contributed by atoms with van der Waals surface area (Å²) in [5, 5.41) is 13.7. The molecule has 0 bridgehead atoms. The number of benzene rings is 2. The van der Waals surface area contributed by atoms with Crippen molar-refractivity contribution in [2.75, 3.05) is 24.6 Å². The predicted octanol–water partition coefficient (Wildman–Crippen LogP) is 2.96. The highest BCUT2D eigenvalue weighted by atomic mass is 79.9. The molecule has 8 nitrogen and oxygen atoms in total. The number of carbonyl (C=O) groups excluding carboxylic acids is 2. The number of nitrogens with one attached hydrogen (secondary N) is 1. The molecule has 3 N–H and O–H groups in total. The van der Waals surface area contributed by atoms with E-state index in [0.717, 1.165) is 16.1 Å². The summed E-state index contributed by atoms with van der Waals surface area (Å²) in [5.74, 6) is -0.896. The number of nitrogen functional groups attached to an aromatic ring is 1. The van der Waals surface area contributed by atoms with E-state index in [1.165, 1.54) is 24.1 Å². The molecule has 0 saturated carbocycles. The first-order chi connectivity index (χ1) is 12.2. The summed E-state index contributed by atoms with van der Waals surface area (Å²) in [4.78, 5) is 36.0. The van der Waals surface area contributed by atoms with Crippen molar-refractivity contribution < 1.29 is 14.5 Å². The number of nitro groups is 1. The van der Waals surface area contributed by atoms with Gasteiger partial charge in [0.15, 0.2) is 0 Å². The molecular weight excluding hydrogens is 404 g/mol. The first-order valence-electron chi connectivity index (χ1n) is 7.54. The van der Waals surface area contributed by atoms with Gasteiger partial charge in [0.1, 0.15) is 5.69 Å². The summed E-state index contributed by atoms with van der Waals surface area (Å²) < 4.78 is 0.894. The average molecular weight is 421 g/mol. The number of halogens is 1. The van der Waals surface area contributed by atoms with Gasteiger partial charge in [-0.25, -0.2) is 0 Å². The zero-order valence-corrected chi connectivity index (χ0v) is 15.7. The Bertz CT molecular complexity index is 885. The Kier molecular flexibility index (Phi) is 5.93. The van der Waals surface area contributed by atoms with E-state index in [4.69, 9.17) is 5.73 Å². The Morgan fingerprint density at radius 1 is 1.27 bits per heavy atom. The van der Waals surface area contributed by atoms with Gasteiger partial charge in [0.2, 0.25) is 5.91 Å². The van der Waals surface area contributed by atoms with E-state index in [2.05, 4.69) is 21.2 Å². The molecule has 0 saturated heterocycles. The van der Waals surface area contributed by atoms with E-state index >= 15 is 0 Å². The van der Waals surface area contributed by atoms with Crippen molar-refractivity contribution in [1.82, 2.24) is 4.90 Å². The van der Waals surface area contributed by atoms with E-state index in [0.29, 0.717) is 5.69 Å². The lowest BCUT2D eigenvalue weighted by Gasteiger charge is -2.17. The van der Waals surface area contributed by atoms with Crippen LogP contribution in [0.25, 0.3) is 0 Å². The second-order valence-electron chi connectivity index (χ2n) is 5.70. The first kappa shape index (κ1) is 19.4. The van der Waals surface area contributed by atoms with E-state index in [-0.39, 0.29) is 29.4 Å². The molecule has 2 rings (SSSR count). The van der Waals surface area contributed by atoms with Crippen LogP contribution in [0.3, 0.4) is 0 Å². The van der Waals surface area contributed by atoms with Crippen molar-refractivity contribution in [3.05, 3.63) is 62.1 Å². The largest absolute Gasteiger partial charge is 0.393 e. The zero-order chi connectivity index (χ0) is 19.4. The smallest absolute Gasteiger partial charge is 0.292 e. The normalized spacial score (nSPS) is 10.3. The van der Waals surface area contributed by atoms with Crippen LogP contribution in [-0.2, 0) is 4.79 Å². The monoisotopic (exact) mass is 420 g/mol. The summed E-state index contributed by atoms with van der Waals surface area (Å²) in [6.07, 6.45) is 0. The molecule has 0 radical (unpaired) electrons. The minimum absolute atomic E-state index is 0.0299. The van der Waals surface area contributed by atoms with E-state index in [1.54, 1.807) is 12.1 Å². The maximum atomic E-state index is 12.4. The molecule has 2 aromatic carbocycles. The number of carbonyl (C=O) groups is 2. The zero-order valence-electron chi connectivity index (χ0n) is 14.2. The number of anilines is 2. The van der Waals surface area contributed by atoms with Gasteiger partial charge < -0.3 is 16.0 Å². The molecule has 0 heterocycles. The van der Waals surface area contributed by atoms with Crippen LogP contribution in [0, 0.1) is 17.0 Å².